The van der Waals surface area contributed by atoms with Gasteiger partial charge in [0.05, 0.1) is 143 Å². The summed E-state index contributed by atoms with van der Waals surface area (Å²) in [7, 11) is 0. The van der Waals surface area contributed by atoms with Crippen LogP contribution in [-0.4, -0.2) is 98.0 Å². The summed E-state index contributed by atoms with van der Waals surface area (Å²) in [6, 6.07) is 32.7. The standard InChI is InChI=1S/C22H18ClFN8O.C22H19ClN8O.C22H20N8O.C21H16ClFN8O/c1-10-15(24)8-27-9-17(10)32-21(31-16-6-4-5-14(23)18(16)22(32)33)11(2)28-20-13(7-25)19(26)29-12(3)30-20;1-11-7-14(10-26-9-11)31-21(30-17-6-4-5-16(23)18(17)22(31)32)12(2)27-20-15(8-24)19(25)28-13(3)29-20;1-12-6-4-8-17-18(12)22(31)30(15-7-5-9-25-11-15)21(29-17)13(2)26-20-16(10-23)19(24)27-14(3)28-20;1-10(27-19-14(7-24)18(25)28-11(2)29-19)20-30-16-5-3-4-15(22)17(16)21(32)31(20)13-6-12(23)8-26-9-13/h4-6,8-9,11H,1-3H3,(H3,26,28,29,30);4-7,9-10,12H,1-3H3,(H3,25,27,28,29);4-9,11,13H,1-3H3,(H3,24,26,27,28);3-6,8-10H,1-2H3,(H3,25,27,28,29)/t11-;12-;13-;10-/m0000/s1. The Morgan fingerprint density at radius 2 is 0.695 bits per heavy atom. The molecular weight excluding hydrogens is 1700 g/mol. The lowest BCUT2D eigenvalue weighted by Crippen LogP contribution is -2.28. The van der Waals surface area contributed by atoms with E-state index < -0.39 is 46.9 Å². The minimum Gasteiger partial charge on any atom is -0.382 e. The van der Waals surface area contributed by atoms with Crippen molar-refractivity contribution in [2.75, 3.05) is 44.2 Å². The number of hydrogen-bond donors (Lipinski definition) is 8. The van der Waals surface area contributed by atoms with E-state index in [0.717, 1.165) is 23.5 Å². The van der Waals surface area contributed by atoms with Crippen molar-refractivity contribution in [3.8, 4) is 47.0 Å². The molecule has 0 fully saturated rings. The molecule has 640 valence electrons. The Morgan fingerprint density at radius 3 is 1.06 bits per heavy atom. The molecule has 0 aliphatic carbocycles. The Bertz CT molecular complexity index is 7380. The maximum atomic E-state index is 14.4. The first kappa shape index (κ1) is 89.2. The summed E-state index contributed by atoms with van der Waals surface area (Å²) < 4.78 is 33.8. The first-order chi connectivity index (χ1) is 61.2. The molecule has 0 unspecified atom stereocenters. The highest BCUT2D eigenvalue weighted by atomic mass is 35.5. The van der Waals surface area contributed by atoms with Crippen LogP contribution in [0.5, 0.6) is 0 Å². The lowest BCUT2D eigenvalue weighted by Gasteiger charge is -2.21. The summed E-state index contributed by atoms with van der Waals surface area (Å²) in [5.41, 5.74) is 27.7. The monoisotopic (exact) mass is 1770 g/mol. The number of nitrogens with zero attached hydrogens (tertiary/aromatic N) is 24. The van der Waals surface area contributed by atoms with Gasteiger partial charge in [0.2, 0.25) is 0 Å². The number of fused-ring (bicyclic) bond motifs is 4. The van der Waals surface area contributed by atoms with Crippen molar-refractivity contribution >= 4 is 125 Å². The Morgan fingerprint density at radius 1 is 0.367 bits per heavy atom. The minimum atomic E-state index is -0.662. The number of pyridine rings is 4. The molecule has 0 radical (unpaired) electrons. The van der Waals surface area contributed by atoms with E-state index in [4.69, 9.17) is 67.7 Å². The van der Waals surface area contributed by atoms with Crippen LogP contribution in [0.15, 0.2) is 166 Å². The number of hydrogen-bond acceptors (Lipinski definition) is 32. The molecule has 0 saturated carbocycles. The maximum Gasteiger partial charge on any atom is 0.267 e. The zero-order valence-electron chi connectivity index (χ0n) is 69.7. The molecule has 4 aromatic carbocycles. The molecule has 128 heavy (non-hydrogen) atoms. The third-order valence-corrected chi connectivity index (χ3v) is 20.6. The first-order valence-corrected chi connectivity index (χ1v) is 39.8. The SMILES string of the molecule is Cc1cncc(-n2c([C@H](C)Nc3nc(C)nc(N)c3C#N)nc3cccc(Cl)c3c2=O)c1.Cc1nc(N)c(C#N)c(N[C@@H](C)c2nc3cccc(C)c3c(=O)n2-c2cccnc2)n1.Cc1nc(N)c(C#N)c(N[C@@H](C)c2nc3cccc(Cl)c3c(=O)n2-c2cncc(F)c2)n1.Cc1nc(N)c(C#N)c(N[C@@H](C)c2nc3cccc(Cl)c3c(=O)n2-c2cncc(F)c2C)n1. The Kier molecular flexibility index (Phi) is 26.2. The summed E-state index contributed by atoms with van der Waals surface area (Å²) in [5.74, 6) is 2.86. The molecule has 0 aliphatic heterocycles. The quantitative estimate of drug-likeness (QED) is 0.0445. The number of nitriles is 4. The second-order valence-electron chi connectivity index (χ2n) is 28.8. The van der Waals surface area contributed by atoms with Crippen LogP contribution in [0.2, 0.25) is 15.1 Å². The van der Waals surface area contributed by atoms with Crippen LogP contribution < -0.4 is 66.4 Å². The normalized spacial score (nSPS) is 11.8. The van der Waals surface area contributed by atoms with Crippen molar-refractivity contribution < 1.29 is 8.78 Å². The fraction of sp³-hybridized carbons (Fsp3) is 0.172. The van der Waals surface area contributed by atoms with Crippen LogP contribution in [0.3, 0.4) is 0 Å². The Hall–Kier alpha value is -16.6. The van der Waals surface area contributed by atoms with E-state index in [0.29, 0.717) is 84.2 Å². The van der Waals surface area contributed by atoms with Crippen molar-refractivity contribution in [2.45, 2.75) is 100 Å². The van der Waals surface area contributed by atoms with E-state index in [1.807, 2.05) is 70.2 Å². The van der Waals surface area contributed by atoms with Gasteiger partial charge in [0.25, 0.3) is 22.2 Å². The average molecular weight is 1780 g/mol. The molecule has 0 bridgehead atoms. The van der Waals surface area contributed by atoms with Crippen molar-refractivity contribution in [3.05, 3.63) is 300 Å². The van der Waals surface area contributed by atoms with Gasteiger partial charge in [0.15, 0.2) is 23.3 Å². The van der Waals surface area contributed by atoms with Gasteiger partial charge in [0.1, 0.15) is 128 Å². The number of rotatable bonds is 16. The summed E-state index contributed by atoms with van der Waals surface area (Å²) in [5, 5.41) is 52.5. The zero-order valence-corrected chi connectivity index (χ0v) is 72.0. The van der Waals surface area contributed by atoms with Gasteiger partial charge in [-0.15, -0.1) is 0 Å². The van der Waals surface area contributed by atoms with Crippen LogP contribution in [0, 0.1) is 105 Å². The van der Waals surface area contributed by atoms with Gasteiger partial charge < -0.3 is 44.2 Å². The molecule has 4 atom stereocenters. The van der Waals surface area contributed by atoms with Gasteiger partial charge in [-0.3, -0.25) is 57.4 Å². The number of nitrogens with two attached hydrogens (primary N) is 4. The number of nitrogens with one attached hydrogen (secondary N) is 4. The number of aryl methyl sites for hydroxylation is 6. The molecule has 12 N–H and O–H groups in total. The Balaban J connectivity index is 0.000000146. The van der Waals surface area contributed by atoms with Crippen LogP contribution in [-0.2, 0) is 0 Å². The third kappa shape index (κ3) is 18.3. The van der Waals surface area contributed by atoms with E-state index in [9.17, 15) is 49.0 Å². The van der Waals surface area contributed by atoms with Crippen molar-refractivity contribution in [1.29, 1.82) is 21.0 Å². The molecule has 16 aromatic rings. The molecule has 0 amide bonds. The average Bonchev–Trinajstić information content (AvgIpc) is 0.738. The van der Waals surface area contributed by atoms with Gasteiger partial charge in [-0.25, -0.2) is 68.6 Å². The van der Waals surface area contributed by atoms with Crippen LogP contribution in [0.4, 0.5) is 55.3 Å². The second kappa shape index (κ2) is 37.7. The molecule has 41 heteroatoms. The molecule has 36 nitrogen and oxygen atoms in total. The topological polar surface area (TPSA) is 542 Å². The van der Waals surface area contributed by atoms with Crippen molar-refractivity contribution in [2.24, 2.45) is 0 Å². The molecule has 12 aromatic heterocycles. The highest BCUT2D eigenvalue weighted by Gasteiger charge is 2.29. The number of nitrogen functional groups attached to an aromatic ring is 4. The lowest BCUT2D eigenvalue weighted by molar-refractivity contribution is 0.607. The molecule has 0 aliphatic rings. The van der Waals surface area contributed by atoms with Gasteiger partial charge in [-0.05, 0) is 148 Å². The van der Waals surface area contributed by atoms with Gasteiger partial charge in [0, 0.05) is 24.0 Å². The third-order valence-electron chi connectivity index (χ3n) is 19.7. The van der Waals surface area contributed by atoms with Crippen LogP contribution in [0.25, 0.3) is 66.4 Å². The number of benzene rings is 4. The fourth-order valence-electron chi connectivity index (χ4n) is 13.9. The van der Waals surface area contributed by atoms with Gasteiger partial charge in [-0.2, -0.15) is 21.0 Å². The smallest absolute Gasteiger partial charge is 0.267 e. The predicted octanol–water partition coefficient (Wildman–Crippen LogP) is 13.2. The number of halogens is 5. The summed E-state index contributed by atoms with van der Waals surface area (Å²) in [4.78, 5) is 122. The molecule has 16 rings (SSSR count). The van der Waals surface area contributed by atoms with Crippen molar-refractivity contribution in [1.82, 2.24) is 98.0 Å². The van der Waals surface area contributed by atoms with E-state index in [2.05, 4.69) is 91.0 Å². The fourth-order valence-corrected chi connectivity index (χ4v) is 14.6. The highest BCUT2D eigenvalue weighted by molar-refractivity contribution is 6.36. The van der Waals surface area contributed by atoms with Gasteiger partial charge >= 0.3 is 0 Å². The van der Waals surface area contributed by atoms with E-state index in [1.54, 1.807) is 146 Å². The largest absolute Gasteiger partial charge is 0.382 e. The van der Waals surface area contributed by atoms with E-state index >= 15 is 0 Å². The predicted molar refractivity (Wildman–Crippen MR) is 481 cm³/mol. The van der Waals surface area contributed by atoms with E-state index in [-0.39, 0.29) is 129 Å². The molecule has 0 saturated heterocycles. The first-order valence-electron chi connectivity index (χ1n) is 38.7. The van der Waals surface area contributed by atoms with Crippen LogP contribution >= 0.6 is 34.8 Å². The number of anilines is 8. The minimum absolute atomic E-state index is 0.0275. The highest BCUT2D eigenvalue weighted by Crippen LogP contribution is 2.34. The van der Waals surface area contributed by atoms with Gasteiger partial charge in [-0.1, -0.05) is 65.1 Å². The molecular formula is C87H73Cl3F2N32O4. The van der Waals surface area contributed by atoms with Crippen molar-refractivity contribution in [3.63, 3.8) is 0 Å². The summed E-state index contributed by atoms with van der Waals surface area (Å²) >= 11 is 18.9. The maximum absolute atomic E-state index is 14.4. The molecule has 12 heterocycles. The van der Waals surface area contributed by atoms with E-state index in [1.165, 1.54) is 36.7 Å². The zero-order chi connectivity index (χ0) is 92.0. The molecule has 0 spiro atoms. The summed E-state index contributed by atoms with van der Waals surface area (Å²) in [6.45, 7) is 19.0. The number of aromatic nitrogens is 20. The second-order valence-corrected chi connectivity index (χ2v) is 30.0. The summed E-state index contributed by atoms with van der Waals surface area (Å²) in [6.07, 6.45) is 11.4. The lowest BCUT2D eigenvalue weighted by atomic mass is 10.1. The Labute approximate surface area is 740 Å². The van der Waals surface area contributed by atoms with Crippen LogP contribution in [0.1, 0.15) is 137 Å².